The summed E-state index contributed by atoms with van der Waals surface area (Å²) < 4.78 is 18.1. The molecule has 0 aliphatic rings. The van der Waals surface area contributed by atoms with E-state index < -0.39 is 46.8 Å². The van der Waals surface area contributed by atoms with Gasteiger partial charge >= 0.3 is 0 Å². The quantitative estimate of drug-likeness (QED) is 0.337. The van der Waals surface area contributed by atoms with Crippen LogP contribution in [0.15, 0.2) is 42.5 Å². The van der Waals surface area contributed by atoms with Crippen molar-refractivity contribution in [2.75, 3.05) is 18.6 Å². The minimum absolute atomic E-state index is 0.0511. The van der Waals surface area contributed by atoms with Crippen molar-refractivity contribution in [3.05, 3.63) is 69.0 Å². The molecule has 2 aromatic carbocycles. The molecule has 2 aromatic rings. The zero-order valence-corrected chi connectivity index (χ0v) is 18.9. The second kappa shape index (κ2) is 12.6. The number of hydrogen-bond acceptors (Lipinski definition) is 7. The van der Waals surface area contributed by atoms with E-state index in [1.807, 2.05) is 6.26 Å². The second-order valence-corrected chi connectivity index (χ2v) is 7.90. The molecular formula is C20H20ClFN4O6S. The molecule has 176 valence electrons. The van der Waals surface area contributed by atoms with E-state index in [2.05, 4.69) is 16.2 Å². The van der Waals surface area contributed by atoms with E-state index in [-0.39, 0.29) is 22.8 Å². The summed E-state index contributed by atoms with van der Waals surface area (Å²) in [5.41, 5.74) is 3.87. The van der Waals surface area contributed by atoms with Crippen molar-refractivity contribution in [2.24, 2.45) is 0 Å². The van der Waals surface area contributed by atoms with Gasteiger partial charge in [-0.2, -0.15) is 11.8 Å². The smallest absolute Gasteiger partial charge is 0.288 e. The second-order valence-electron chi connectivity index (χ2n) is 6.51. The van der Waals surface area contributed by atoms with Crippen LogP contribution in [0.5, 0.6) is 5.75 Å². The van der Waals surface area contributed by atoms with Crippen LogP contribution in [0.1, 0.15) is 16.8 Å². The maximum atomic E-state index is 12.9. The number of carbonyl (C=O) groups excluding carboxylic acids is 3. The molecule has 0 saturated carbocycles. The van der Waals surface area contributed by atoms with Crippen LogP contribution in [0.4, 0.5) is 10.1 Å². The number of hydrogen-bond donors (Lipinski definition) is 3. The van der Waals surface area contributed by atoms with Crippen LogP contribution in [-0.2, 0) is 9.59 Å². The van der Waals surface area contributed by atoms with Gasteiger partial charge < -0.3 is 10.1 Å². The number of hydrazine groups is 1. The van der Waals surface area contributed by atoms with Gasteiger partial charge in [-0.1, -0.05) is 11.6 Å². The van der Waals surface area contributed by atoms with Gasteiger partial charge in [-0.3, -0.25) is 35.3 Å². The van der Waals surface area contributed by atoms with E-state index in [0.717, 1.165) is 6.07 Å². The fourth-order valence-electron chi connectivity index (χ4n) is 2.47. The number of halogens is 2. The summed E-state index contributed by atoms with van der Waals surface area (Å²) in [7, 11) is 0. The van der Waals surface area contributed by atoms with E-state index in [0.29, 0.717) is 5.75 Å². The maximum Gasteiger partial charge on any atom is 0.288 e. The van der Waals surface area contributed by atoms with Crippen LogP contribution >= 0.6 is 23.4 Å². The summed E-state index contributed by atoms with van der Waals surface area (Å²) in [6.07, 6.45) is 2.05. The monoisotopic (exact) mass is 498 g/mol. The molecule has 10 nitrogen and oxygen atoms in total. The predicted octanol–water partition coefficient (Wildman–Crippen LogP) is 2.47. The van der Waals surface area contributed by atoms with Crippen molar-refractivity contribution >= 4 is 46.8 Å². The molecule has 33 heavy (non-hydrogen) atoms. The zero-order chi connectivity index (χ0) is 24.4. The van der Waals surface area contributed by atoms with Crippen LogP contribution in [-0.4, -0.2) is 47.3 Å². The summed E-state index contributed by atoms with van der Waals surface area (Å²) in [6, 6.07) is 7.52. The molecule has 0 aliphatic heterocycles. The largest absolute Gasteiger partial charge is 0.484 e. The van der Waals surface area contributed by atoms with Gasteiger partial charge in [0.15, 0.2) is 6.61 Å². The number of nitro benzene ring substituents is 1. The van der Waals surface area contributed by atoms with E-state index in [1.165, 1.54) is 48.2 Å². The first-order valence-corrected chi connectivity index (χ1v) is 11.2. The summed E-state index contributed by atoms with van der Waals surface area (Å²) >= 11 is 7.19. The fraction of sp³-hybridized carbons (Fsp3) is 0.250. The Morgan fingerprint density at radius 2 is 1.88 bits per heavy atom. The Morgan fingerprint density at radius 3 is 2.52 bits per heavy atom. The number of amides is 3. The molecule has 0 aromatic heterocycles. The first-order valence-electron chi connectivity index (χ1n) is 9.42. The highest BCUT2D eigenvalue weighted by molar-refractivity contribution is 7.98. The Bertz CT molecular complexity index is 1020. The zero-order valence-electron chi connectivity index (χ0n) is 17.3. The van der Waals surface area contributed by atoms with Crippen molar-refractivity contribution in [3.8, 4) is 5.75 Å². The average molecular weight is 499 g/mol. The van der Waals surface area contributed by atoms with Crippen LogP contribution in [0.25, 0.3) is 0 Å². The van der Waals surface area contributed by atoms with Crippen LogP contribution in [0.3, 0.4) is 0 Å². The lowest BCUT2D eigenvalue weighted by molar-refractivity contribution is -0.384. The summed E-state index contributed by atoms with van der Waals surface area (Å²) in [5.74, 6) is -1.78. The van der Waals surface area contributed by atoms with Gasteiger partial charge in [0, 0.05) is 11.6 Å². The standard InChI is InChI=1S/C20H20ClFN4O6S/c1-33-9-8-16(23-19(28)12-2-7-15(21)17(10-12)26(30)31)20(29)25-24-18(27)11-32-14-5-3-13(22)4-6-14/h2-7,10,16H,8-9,11H2,1H3,(H,23,28)(H,24,27)(H,25,29). The number of carbonyl (C=O) groups is 3. The Labute approximate surface area is 197 Å². The molecule has 13 heteroatoms. The minimum atomic E-state index is -1.03. The number of nitro groups is 1. The highest BCUT2D eigenvalue weighted by Crippen LogP contribution is 2.25. The molecule has 3 amide bonds. The van der Waals surface area contributed by atoms with Crippen molar-refractivity contribution in [3.63, 3.8) is 0 Å². The topological polar surface area (TPSA) is 140 Å². The summed E-state index contributed by atoms with van der Waals surface area (Å²) in [5, 5.41) is 13.4. The number of thioether (sulfide) groups is 1. The molecule has 0 radical (unpaired) electrons. The molecule has 0 heterocycles. The number of nitrogens with one attached hydrogen (secondary N) is 3. The first-order chi connectivity index (χ1) is 15.7. The van der Waals surface area contributed by atoms with E-state index in [9.17, 15) is 28.9 Å². The molecule has 0 bridgehead atoms. The number of benzene rings is 2. The van der Waals surface area contributed by atoms with Crippen molar-refractivity contribution in [1.82, 2.24) is 16.2 Å². The Kier molecular flexibility index (Phi) is 9.88. The Hall–Kier alpha value is -3.38. The van der Waals surface area contributed by atoms with Gasteiger partial charge in [0.1, 0.15) is 22.6 Å². The molecule has 0 saturated heterocycles. The minimum Gasteiger partial charge on any atom is -0.484 e. The van der Waals surface area contributed by atoms with Crippen LogP contribution in [0, 0.1) is 15.9 Å². The van der Waals surface area contributed by atoms with Gasteiger partial charge in [-0.05, 0) is 54.8 Å². The normalized spacial score (nSPS) is 11.2. The van der Waals surface area contributed by atoms with Crippen molar-refractivity contribution in [1.29, 1.82) is 0 Å². The highest BCUT2D eigenvalue weighted by atomic mass is 35.5. The molecule has 0 spiro atoms. The third kappa shape index (κ3) is 8.24. The molecule has 2 rings (SSSR count). The van der Waals surface area contributed by atoms with Gasteiger partial charge in [-0.15, -0.1) is 0 Å². The highest BCUT2D eigenvalue weighted by Gasteiger charge is 2.23. The average Bonchev–Trinajstić information content (AvgIpc) is 2.79. The van der Waals surface area contributed by atoms with E-state index >= 15 is 0 Å². The van der Waals surface area contributed by atoms with Gasteiger partial charge in [-0.25, -0.2) is 4.39 Å². The van der Waals surface area contributed by atoms with Gasteiger partial charge in [0.2, 0.25) is 0 Å². The lowest BCUT2D eigenvalue weighted by Crippen LogP contribution is -2.53. The van der Waals surface area contributed by atoms with E-state index in [4.69, 9.17) is 16.3 Å². The van der Waals surface area contributed by atoms with Crippen molar-refractivity contribution in [2.45, 2.75) is 12.5 Å². The van der Waals surface area contributed by atoms with Gasteiger partial charge in [0.05, 0.1) is 4.92 Å². The molecule has 3 N–H and O–H groups in total. The van der Waals surface area contributed by atoms with Gasteiger partial charge in [0.25, 0.3) is 23.4 Å². The maximum absolute atomic E-state index is 12.9. The number of nitrogens with zero attached hydrogens (tertiary/aromatic N) is 1. The van der Waals surface area contributed by atoms with Crippen LogP contribution < -0.4 is 20.9 Å². The predicted molar refractivity (Wildman–Crippen MR) is 121 cm³/mol. The number of ether oxygens (including phenoxy) is 1. The Balaban J connectivity index is 1.94. The summed E-state index contributed by atoms with van der Waals surface area (Å²) in [4.78, 5) is 47.3. The molecule has 0 aliphatic carbocycles. The third-order valence-electron chi connectivity index (χ3n) is 4.15. The third-order valence-corrected chi connectivity index (χ3v) is 5.11. The lowest BCUT2D eigenvalue weighted by atomic mass is 10.1. The fourth-order valence-corrected chi connectivity index (χ4v) is 3.13. The van der Waals surface area contributed by atoms with E-state index in [1.54, 1.807) is 0 Å². The SMILES string of the molecule is CSCCC(NC(=O)c1ccc(Cl)c([N+](=O)[O-])c1)C(=O)NNC(=O)COc1ccc(F)cc1. The lowest BCUT2D eigenvalue weighted by Gasteiger charge is -2.18. The molecule has 0 fully saturated rings. The molecular weight excluding hydrogens is 479 g/mol. The Morgan fingerprint density at radius 1 is 1.18 bits per heavy atom. The van der Waals surface area contributed by atoms with Crippen molar-refractivity contribution < 1.29 is 28.4 Å². The van der Waals surface area contributed by atoms with Crippen LogP contribution in [0.2, 0.25) is 5.02 Å². The molecule has 1 atom stereocenters. The number of rotatable bonds is 10. The first kappa shape index (κ1) is 25.9. The summed E-state index contributed by atoms with van der Waals surface area (Å²) in [6.45, 7) is -0.442. The molecule has 1 unspecified atom stereocenters.